The minimum atomic E-state index is -0.400. The lowest BCUT2D eigenvalue weighted by atomic mass is 10.2. The number of aromatic nitrogens is 3. The van der Waals surface area contributed by atoms with E-state index in [2.05, 4.69) is 34.2 Å². The molecule has 178 valence electrons. The van der Waals surface area contributed by atoms with E-state index in [0.29, 0.717) is 35.3 Å². The van der Waals surface area contributed by atoms with Gasteiger partial charge in [0.05, 0.1) is 23.7 Å². The molecule has 9 heteroatoms. The van der Waals surface area contributed by atoms with Crippen LogP contribution in [0.2, 0.25) is 0 Å². The molecule has 0 saturated carbocycles. The molecule has 7 nitrogen and oxygen atoms in total. The fraction of sp³-hybridized carbons (Fsp3) is 0.280. The lowest BCUT2D eigenvalue weighted by molar-refractivity contribution is -0.113. The van der Waals surface area contributed by atoms with Crippen LogP contribution in [-0.2, 0) is 27.6 Å². The van der Waals surface area contributed by atoms with Crippen LogP contribution in [0, 0.1) is 0 Å². The Morgan fingerprint density at radius 3 is 2.71 bits per heavy atom. The van der Waals surface area contributed by atoms with Gasteiger partial charge >= 0.3 is 5.97 Å². The van der Waals surface area contributed by atoms with Gasteiger partial charge in [-0.3, -0.25) is 4.79 Å². The van der Waals surface area contributed by atoms with Crippen molar-refractivity contribution < 1.29 is 14.3 Å². The van der Waals surface area contributed by atoms with Gasteiger partial charge in [0.2, 0.25) is 5.91 Å². The molecule has 3 aromatic rings. The van der Waals surface area contributed by atoms with E-state index >= 15 is 0 Å². The van der Waals surface area contributed by atoms with Crippen LogP contribution < -0.4 is 5.32 Å². The predicted octanol–water partition coefficient (Wildman–Crippen LogP) is 5.20. The van der Waals surface area contributed by atoms with Crippen molar-refractivity contribution in [2.75, 3.05) is 17.7 Å². The van der Waals surface area contributed by atoms with E-state index in [4.69, 9.17) is 4.74 Å². The van der Waals surface area contributed by atoms with Gasteiger partial charge in [-0.1, -0.05) is 61.2 Å². The Labute approximate surface area is 208 Å². The van der Waals surface area contributed by atoms with Crippen LogP contribution in [0.1, 0.15) is 35.1 Å². The van der Waals surface area contributed by atoms with Gasteiger partial charge in [0, 0.05) is 18.0 Å². The van der Waals surface area contributed by atoms with Gasteiger partial charge in [-0.05, 0) is 30.2 Å². The molecule has 1 N–H and O–H groups in total. The van der Waals surface area contributed by atoms with Gasteiger partial charge in [-0.15, -0.1) is 28.5 Å². The summed E-state index contributed by atoms with van der Waals surface area (Å²) in [6.45, 7) is 6.70. The molecule has 0 spiro atoms. The number of hydrogen-bond acceptors (Lipinski definition) is 7. The van der Waals surface area contributed by atoms with Crippen LogP contribution in [0.25, 0.3) is 0 Å². The number of hydrogen-bond donors (Lipinski definition) is 1. The number of benzene rings is 2. The molecular formula is C25H28N4O3S2. The third kappa shape index (κ3) is 7.78. The first-order valence-corrected chi connectivity index (χ1v) is 13.1. The summed E-state index contributed by atoms with van der Waals surface area (Å²) in [7, 11) is 0. The molecule has 0 unspecified atom stereocenters. The van der Waals surface area contributed by atoms with Crippen LogP contribution in [0.4, 0.5) is 5.69 Å². The zero-order chi connectivity index (χ0) is 24.2. The monoisotopic (exact) mass is 496 g/mol. The SMILES string of the molecule is C=CCn1c(CSCc2ccccc2)nnc1SCC(=O)Nc1cccc(C(=O)OCCC)c1. The number of amides is 1. The molecule has 34 heavy (non-hydrogen) atoms. The zero-order valence-corrected chi connectivity index (χ0v) is 20.7. The lowest BCUT2D eigenvalue weighted by Gasteiger charge is -2.09. The molecule has 0 fully saturated rings. The predicted molar refractivity (Wildman–Crippen MR) is 138 cm³/mol. The van der Waals surface area contributed by atoms with E-state index in [0.717, 1.165) is 18.0 Å². The Kier molecular flexibility index (Phi) is 10.2. The van der Waals surface area contributed by atoms with Gasteiger partial charge in [0.1, 0.15) is 5.82 Å². The van der Waals surface area contributed by atoms with Crippen molar-refractivity contribution >= 4 is 41.1 Å². The van der Waals surface area contributed by atoms with Crippen molar-refractivity contribution in [3.8, 4) is 0 Å². The molecule has 2 aromatic carbocycles. The Hall–Kier alpha value is -3.04. The third-order valence-electron chi connectivity index (χ3n) is 4.60. The largest absolute Gasteiger partial charge is 0.462 e. The molecular weight excluding hydrogens is 468 g/mol. The third-order valence-corrected chi connectivity index (χ3v) is 6.57. The number of allylic oxidation sites excluding steroid dienone is 1. The number of carbonyl (C=O) groups is 2. The number of anilines is 1. The highest BCUT2D eigenvalue weighted by molar-refractivity contribution is 7.99. The fourth-order valence-electron chi connectivity index (χ4n) is 3.01. The molecule has 1 aromatic heterocycles. The average Bonchev–Trinajstić information content (AvgIpc) is 3.23. The molecule has 1 amide bonds. The minimum Gasteiger partial charge on any atom is -0.462 e. The first kappa shape index (κ1) is 25.6. The van der Waals surface area contributed by atoms with E-state index in [1.54, 1.807) is 42.1 Å². The molecule has 1 heterocycles. The second-order valence-electron chi connectivity index (χ2n) is 7.33. The number of thioether (sulfide) groups is 2. The van der Waals surface area contributed by atoms with Crippen LogP contribution in [0.15, 0.2) is 72.4 Å². The van der Waals surface area contributed by atoms with Crippen molar-refractivity contribution in [3.63, 3.8) is 0 Å². The quantitative estimate of drug-likeness (QED) is 0.198. The van der Waals surface area contributed by atoms with Crippen LogP contribution in [-0.4, -0.2) is 39.0 Å². The van der Waals surface area contributed by atoms with Crippen LogP contribution in [0.5, 0.6) is 0 Å². The molecule has 0 saturated heterocycles. The maximum Gasteiger partial charge on any atom is 0.338 e. The van der Waals surface area contributed by atoms with Gasteiger partial charge < -0.3 is 14.6 Å². The summed E-state index contributed by atoms with van der Waals surface area (Å²) >= 11 is 3.08. The topological polar surface area (TPSA) is 86.1 Å². The summed E-state index contributed by atoms with van der Waals surface area (Å²) in [4.78, 5) is 24.6. The second-order valence-corrected chi connectivity index (χ2v) is 9.26. The van der Waals surface area contributed by atoms with Crippen LogP contribution in [0.3, 0.4) is 0 Å². The number of ether oxygens (including phenoxy) is 1. The first-order valence-electron chi connectivity index (χ1n) is 10.9. The smallest absolute Gasteiger partial charge is 0.338 e. The number of carbonyl (C=O) groups excluding carboxylic acids is 2. The van der Waals surface area contributed by atoms with E-state index < -0.39 is 5.97 Å². The maximum absolute atomic E-state index is 12.5. The summed E-state index contributed by atoms with van der Waals surface area (Å²) in [5.41, 5.74) is 2.21. The number of rotatable bonds is 13. The van der Waals surface area contributed by atoms with Crippen LogP contribution >= 0.6 is 23.5 Å². The van der Waals surface area contributed by atoms with Gasteiger partial charge in [0.25, 0.3) is 0 Å². The molecule has 0 aliphatic rings. The highest BCUT2D eigenvalue weighted by Crippen LogP contribution is 2.22. The minimum absolute atomic E-state index is 0.164. The molecule has 0 atom stereocenters. The summed E-state index contributed by atoms with van der Waals surface area (Å²) in [6, 6.07) is 17.0. The summed E-state index contributed by atoms with van der Waals surface area (Å²) in [5.74, 6) is 2.01. The van der Waals surface area contributed by atoms with E-state index in [1.807, 2.05) is 29.7 Å². The van der Waals surface area contributed by atoms with Crippen molar-refractivity contribution in [1.82, 2.24) is 14.8 Å². The normalized spacial score (nSPS) is 10.6. The molecule has 0 radical (unpaired) electrons. The molecule has 0 aliphatic heterocycles. The Morgan fingerprint density at radius 2 is 1.94 bits per heavy atom. The Balaban J connectivity index is 1.54. The van der Waals surface area contributed by atoms with E-state index in [1.165, 1.54) is 17.3 Å². The van der Waals surface area contributed by atoms with Gasteiger partial charge in [-0.2, -0.15) is 0 Å². The second kappa shape index (κ2) is 13.6. The van der Waals surface area contributed by atoms with E-state index in [-0.39, 0.29) is 11.7 Å². The summed E-state index contributed by atoms with van der Waals surface area (Å²) < 4.78 is 7.13. The highest BCUT2D eigenvalue weighted by atomic mass is 32.2. The van der Waals surface area contributed by atoms with Gasteiger partial charge in [-0.25, -0.2) is 4.79 Å². The lowest BCUT2D eigenvalue weighted by Crippen LogP contribution is -2.15. The summed E-state index contributed by atoms with van der Waals surface area (Å²) in [5, 5.41) is 12.1. The van der Waals surface area contributed by atoms with E-state index in [9.17, 15) is 9.59 Å². The molecule has 0 bridgehead atoms. The molecule has 3 rings (SSSR count). The Bertz CT molecular complexity index is 1100. The number of nitrogens with one attached hydrogen (secondary N) is 1. The maximum atomic E-state index is 12.5. The van der Waals surface area contributed by atoms with Gasteiger partial charge in [0.15, 0.2) is 5.16 Å². The zero-order valence-electron chi connectivity index (χ0n) is 19.1. The highest BCUT2D eigenvalue weighted by Gasteiger charge is 2.14. The molecule has 0 aliphatic carbocycles. The first-order chi connectivity index (χ1) is 16.6. The van der Waals surface area contributed by atoms with Crippen molar-refractivity contribution in [1.29, 1.82) is 0 Å². The van der Waals surface area contributed by atoms with Crippen molar-refractivity contribution in [2.45, 2.75) is 36.6 Å². The number of nitrogens with zero attached hydrogens (tertiary/aromatic N) is 3. The number of esters is 1. The fourth-order valence-corrected chi connectivity index (χ4v) is 4.70. The Morgan fingerprint density at radius 1 is 1.12 bits per heavy atom. The summed E-state index contributed by atoms with van der Waals surface area (Å²) in [6.07, 6.45) is 2.55. The van der Waals surface area contributed by atoms with Crippen molar-refractivity contribution in [3.05, 3.63) is 84.2 Å². The van der Waals surface area contributed by atoms with Crippen molar-refractivity contribution in [2.24, 2.45) is 0 Å². The average molecular weight is 497 g/mol. The standard InChI is InChI=1S/C25H28N4O3S2/c1-3-13-29-22(17-33-16-19-9-6-5-7-10-19)27-28-25(29)34-18-23(30)26-21-12-8-11-20(15-21)24(31)32-14-4-2/h3,5-12,15H,1,4,13-14,16-18H2,2H3,(H,26,30).